The highest BCUT2D eigenvalue weighted by Gasteiger charge is 2.16. The Labute approximate surface area is 116 Å². The normalized spacial score (nSPS) is 12.6. The number of carbonyl (C=O) groups excluding carboxylic acids is 1. The summed E-state index contributed by atoms with van der Waals surface area (Å²) in [6.07, 6.45) is 1.83. The molecule has 0 radical (unpaired) electrons. The van der Waals surface area contributed by atoms with E-state index in [9.17, 15) is 4.79 Å². The van der Waals surface area contributed by atoms with E-state index in [2.05, 4.69) is 10.8 Å². The first-order valence-electron chi connectivity index (χ1n) is 6.09. The Morgan fingerprint density at radius 1 is 1.16 bits per heavy atom. The van der Waals surface area contributed by atoms with Crippen molar-refractivity contribution in [2.45, 2.75) is 11.3 Å². The van der Waals surface area contributed by atoms with E-state index in [4.69, 9.17) is 4.74 Å². The number of anilines is 1. The van der Waals surface area contributed by atoms with Crippen LogP contribution in [-0.2, 0) is 6.42 Å². The third-order valence-electron chi connectivity index (χ3n) is 3.00. The molecule has 0 aliphatic carbocycles. The first kappa shape index (κ1) is 12.1. The molecular formula is C15H13NO2S. The fraction of sp³-hybridized carbons (Fsp3) is 0.133. The number of aldehydes is 1. The quantitative estimate of drug-likeness (QED) is 0.681. The van der Waals surface area contributed by atoms with E-state index in [-0.39, 0.29) is 0 Å². The average Bonchev–Trinajstić information content (AvgIpc) is 2.94. The molecule has 2 aromatic carbocycles. The second-order valence-electron chi connectivity index (χ2n) is 4.29. The molecular weight excluding hydrogens is 258 g/mol. The molecule has 1 N–H and O–H groups in total. The van der Waals surface area contributed by atoms with Gasteiger partial charge in [0.1, 0.15) is 12.0 Å². The zero-order valence-corrected chi connectivity index (χ0v) is 11.1. The summed E-state index contributed by atoms with van der Waals surface area (Å²) in [4.78, 5) is 11.7. The summed E-state index contributed by atoms with van der Waals surface area (Å²) in [5, 5.41) is 0. The molecule has 3 nitrogen and oxygen atoms in total. The van der Waals surface area contributed by atoms with Gasteiger partial charge in [0.05, 0.1) is 11.5 Å². The van der Waals surface area contributed by atoms with Crippen LogP contribution in [0.2, 0.25) is 0 Å². The van der Waals surface area contributed by atoms with Crippen molar-refractivity contribution in [3.63, 3.8) is 0 Å². The minimum Gasteiger partial charge on any atom is -0.492 e. The van der Waals surface area contributed by atoms with Crippen LogP contribution in [0.4, 0.5) is 5.69 Å². The van der Waals surface area contributed by atoms with Crippen LogP contribution in [0.25, 0.3) is 0 Å². The third kappa shape index (κ3) is 2.58. The van der Waals surface area contributed by atoms with E-state index in [1.807, 2.05) is 24.3 Å². The van der Waals surface area contributed by atoms with Crippen molar-refractivity contribution >= 4 is 23.9 Å². The second-order valence-corrected chi connectivity index (χ2v) is 5.13. The van der Waals surface area contributed by atoms with Crippen molar-refractivity contribution in [3.05, 3.63) is 53.6 Å². The molecule has 0 spiro atoms. The maximum absolute atomic E-state index is 10.6. The van der Waals surface area contributed by atoms with Crippen molar-refractivity contribution in [1.82, 2.24) is 0 Å². The minimum atomic E-state index is 0.680. The number of nitrogens with one attached hydrogen (secondary N) is 1. The summed E-state index contributed by atoms with van der Waals surface area (Å²) < 4.78 is 8.91. The van der Waals surface area contributed by atoms with Gasteiger partial charge in [0.15, 0.2) is 0 Å². The van der Waals surface area contributed by atoms with Crippen LogP contribution in [0.1, 0.15) is 15.9 Å². The zero-order valence-electron chi connectivity index (χ0n) is 10.3. The number of fused-ring (bicyclic) bond motifs is 1. The van der Waals surface area contributed by atoms with E-state index < -0.39 is 0 Å². The molecule has 0 unspecified atom stereocenters. The van der Waals surface area contributed by atoms with E-state index in [1.165, 1.54) is 17.5 Å². The lowest BCUT2D eigenvalue weighted by Crippen LogP contribution is -1.91. The maximum Gasteiger partial charge on any atom is 0.150 e. The predicted molar refractivity (Wildman–Crippen MR) is 77.0 cm³/mol. The van der Waals surface area contributed by atoms with Crippen molar-refractivity contribution < 1.29 is 9.53 Å². The minimum absolute atomic E-state index is 0.680. The van der Waals surface area contributed by atoms with Crippen LogP contribution >= 0.6 is 11.9 Å². The molecule has 0 bridgehead atoms. The Bertz CT molecular complexity index is 596. The Balaban J connectivity index is 1.72. The molecule has 3 rings (SSSR count). The van der Waals surface area contributed by atoms with Crippen LogP contribution in [0.3, 0.4) is 0 Å². The summed E-state index contributed by atoms with van der Waals surface area (Å²) >= 11 is 1.53. The highest BCUT2D eigenvalue weighted by atomic mass is 32.2. The number of para-hydroxylation sites is 1. The lowest BCUT2D eigenvalue weighted by atomic mass is 10.2. The Morgan fingerprint density at radius 2 is 2.00 bits per heavy atom. The number of carbonyl (C=O) groups is 1. The first-order valence-corrected chi connectivity index (χ1v) is 6.91. The number of benzene rings is 2. The second kappa shape index (κ2) is 5.36. The van der Waals surface area contributed by atoms with Crippen LogP contribution in [0, 0.1) is 0 Å². The standard InChI is InChI=1S/C15H13NO2S/c17-10-11-4-6-13(7-5-11)16-19-14-3-1-2-12-8-9-18-15(12)14/h1-7,10,16H,8-9H2. The molecule has 0 saturated carbocycles. The van der Waals surface area contributed by atoms with E-state index in [1.54, 1.807) is 12.1 Å². The Kier molecular flexibility index (Phi) is 3.42. The van der Waals surface area contributed by atoms with Gasteiger partial charge in [0.25, 0.3) is 0 Å². The molecule has 0 amide bonds. The molecule has 0 aromatic heterocycles. The lowest BCUT2D eigenvalue weighted by molar-refractivity contribution is 0.112. The van der Waals surface area contributed by atoms with Crippen LogP contribution < -0.4 is 9.46 Å². The van der Waals surface area contributed by atoms with E-state index >= 15 is 0 Å². The molecule has 4 heteroatoms. The molecule has 1 heterocycles. The largest absolute Gasteiger partial charge is 0.492 e. The summed E-state index contributed by atoms with van der Waals surface area (Å²) in [6.45, 7) is 0.765. The van der Waals surface area contributed by atoms with E-state index in [0.717, 1.165) is 35.6 Å². The number of ether oxygens (including phenoxy) is 1. The molecule has 0 atom stereocenters. The number of hydrogen-bond acceptors (Lipinski definition) is 4. The van der Waals surface area contributed by atoms with Gasteiger partial charge >= 0.3 is 0 Å². The number of hydrogen-bond donors (Lipinski definition) is 1. The zero-order chi connectivity index (χ0) is 13.1. The lowest BCUT2D eigenvalue weighted by Gasteiger charge is -2.09. The first-order chi connectivity index (χ1) is 9.36. The molecule has 19 heavy (non-hydrogen) atoms. The van der Waals surface area contributed by atoms with Gasteiger partial charge in [0.2, 0.25) is 0 Å². The van der Waals surface area contributed by atoms with Crippen LogP contribution in [-0.4, -0.2) is 12.9 Å². The Morgan fingerprint density at radius 3 is 2.79 bits per heavy atom. The SMILES string of the molecule is O=Cc1ccc(NSc2cccc3c2OCC3)cc1. The molecule has 1 aliphatic heterocycles. The van der Waals surface area contributed by atoms with Gasteiger partial charge < -0.3 is 9.46 Å². The maximum atomic E-state index is 10.6. The van der Waals surface area contributed by atoms with Gasteiger partial charge in [-0.3, -0.25) is 4.79 Å². The van der Waals surface area contributed by atoms with Gasteiger partial charge in [-0.1, -0.05) is 12.1 Å². The van der Waals surface area contributed by atoms with Gasteiger partial charge in [-0.05, 0) is 47.8 Å². The molecule has 0 fully saturated rings. The van der Waals surface area contributed by atoms with Crippen molar-refractivity contribution in [3.8, 4) is 5.75 Å². The highest BCUT2D eigenvalue weighted by Crippen LogP contribution is 2.36. The summed E-state index contributed by atoms with van der Waals surface area (Å²) in [5.74, 6) is 0.990. The summed E-state index contributed by atoms with van der Waals surface area (Å²) in [7, 11) is 0. The monoisotopic (exact) mass is 271 g/mol. The number of rotatable bonds is 4. The van der Waals surface area contributed by atoms with Crippen molar-refractivity contribution in [1.29, 1.82) is 0 Å². The van der Waals surface area contributed by atoms with Gasteiger partial charge in [0, 0.05) is 17.7 Å². The van der Waals surface area contributed by atoms with Gasteiger partial charge in [-0.15, -0.1) is 0 Å². The summed E-state index contributed by atoms with van der Waals surface area (Å²) in [5.41, 5.74) is 2.91. The predicted octanol–water partition coefficient (Wildman–Crippen LogP) is 3.55. The topological polar surface area (TPSA) is 38.3 Å². The Hall–Kier alpha value is -1.94. The van der Waals surface area contributed by atoms with Crippen molar-refractivity contribution in [2.24, 2.45) is 0 Å². The average molecular weight is 271 g/mol. The highest BCUT2D eigenvalue weighted by molar-refractivity contribution is 8.00. The molecule has 96 valence electrons. The summed E-state index contributed by atoms with van der Waals surface area (Å²) in [6, 6.07) is 13.6. The third-order valence-corrected chi connectivity index (χ3v) is 3.88. The molecule has 2 aromatic rings. The van der Waals surface area contributed by atoms with Gasteiger partial charge in [-0.25, -0.2) is 0 Å². The molecule has 1 aliphatic rings. The fourth-order valence-electron chi connectivity index (χ4n) is 2.01. The van der Waals surface area contributed by atoms with Gasteiger partial charge in [-0.2, -0.15) is 0 Å². The van der Waals surface area contributed by atoms with Crippen LogP contribution in [0.15, 0.2) is 47.4 Å². The smallest absolute Gasteiger partial charge is 0.150 e. The van der Waals surface area contributed by atoms with E-state index in [0.29, 0.717) is 5.56 Å². The van der Waals surface area contributed by atoms with Crippen LogP contribution in [0.5, 0.6) is 5.75 Å². The fourth-order valence-corrected chi connectivity index (χ4v) is 2.80. The molecule has 0 saturated heterocycles. The van der Waals surface area contributed by atoms with Crippen molar-refractivity contribution in [2.75, 3.05) is 11.3 Å².